The topological polar surface area (TPSA) is 42.7 Å². The molecule has 1 aliphatic heterocycles. The van der Waals surface area contributed by atoms with Gasteiger partial charge in [-0.05, 0) is 64.1 Å². The number of rotatable bonds is 2. The van der Waals surface area contributed by atoms with Gasteiger partial charge in [0.05, 0.1) is 0 Å². The van der Waals surface area contributed by atoms with E-state index in [0.29, 0.717) is 0 Å². The van der Waals surface area contributed by atoms with Crippen molar-refractivity contribution in [3.8, 4) is 0 Å². The number of nitrogens with zero attached hydrogens (tertiary/aromatic N) is 3. The lowest BCUT2D eigenvalue weighted by molar-refractivity contribution is 0.612. The summed E-state index contributed by atoms with van der Waals surface area (Å²) in [7, 11) is 0. The Kier molecular flexibility index (Phi) is 3.94. The summed E-state index contributed by atoms with van der Waals surface area (Å²) in [6, 6.07) is 16.8. The van der Waals surface area contributed by atoms with Crippen molar-refractivity contribution in [2.45, 2.75) is 6.04 Å². The molecule has 0 aliphatic carbocycles. The molecule has 2 aromatic carbocycles. The van der Waals surface area contributed by atoms with E-state index < -0.39 is 0 Å². The minimum atomic E-state index is 0.0242. The quantitative estimate of drug-likeness (QED) is 0.543. The predicted molar refractivity (Wildman–Crippen MR) is 103 cm³/mol. The van der Waals surface area contributed by atoms with Crippen molar-refractivity contribution in [2.75, 3.05) is 5.32 Å². The normalized spacial score (nSPS) is 16.4. The molecule has 1 N–H and O–H groups in total. The first-order valence-electron chi connectivity index (χ1n) is 7.10. The molecule has 1 unspecified atom stereocenters. The minimum absolute atomic E-state index is 0.0242. The van der Waals surface area contributed by atoms with Crippen molar-refractivity contribution < 1.29 is 0 Å². The summed E-state index contributed by atoms with van der Waals surface area (Å²) < 4.78 is 4.19. The Hall–Kier alpha value is -1.67. The van der Waals surface area contributed by atoms with Gasteiger partial charge in [-0.3, -0.25) is 0 Å². The van der Waals surface area contributed by atoms with Gasteiger partial charge in [-0.15, -0.1) is 0 Å². The van der Waals surface area contributed by atoms with Crippen LogP contribution in [0.1, 0.15) is 17.2 Å². The van der Waals surface area contributed by atoms with Gasteiger partial charge in [0, 0.05) is 13.7 Å². The number of nitrogens with one attached hydrogen (secondary N) is 1. The van der Waals surface area contributed by atoms with Gasteiger partial charge in [-0.1, -0.05) is 40.2 Å². The molecule has 0 saturated heterocycles. The third-order valence-corrected chi connectivity index (χ3v) is 5.02. The standard InChI is InChI=1S/C17H12BrIN4/c18-13-5-1-12(2-6-13)16-9-15(11-3-7-14(19)8-4-11)22-17-20-10-21-23(16)17/h1-10,16H,(H,20,21,22). The number of aromatic nitrogens is 3. The maximum absolute atomic E-state index is 4.36. The molecule has 0 saturated carbocycles. The summed E-state index contributed by atoms with van der Waals surface area (Å²) in [5.41, 5.74) is 3.36. The Morgan fingerprint density at radius 2 is 1.78 bits per heavy atom. The molecule has 4 rings (SSSR count). The molecule has 1 aromatic heterocycles. The van der Waals surface area contributed by atoms with Crippen LogP contribution in [0.5, 0.6) is 0 Å². The highest BCUT2D eigenvalue weighted by molar-refractivity contribution is 14.1. The molecule has 4 nitrogen and oxygen atoms in total. The largest absolute Gasteiger partial charge is 0.324 e. The summed E-state index contributed by atoms with van der Waals surface area (Å²) in [4.78, 5) is 4.33. The number of hydrogen-bond acceptors (Lipinski definition) is 3. The van der Waals surface area contributed by atoms with Gasteiger partial charge < -0.3 is 5.32 Å². The number of hydrogen-bond donors (Lipinski definition) is 1. The smallest absolute Gasteiger partial charge is 0.226 e. The van der Waals surface area contributed by atoms with Gasteiger partial charge in [0.2, 0.25) is 5.95 Å². The van der Waals surface area contributed by atoms with Crippen LogP contribution in [0, 0.1) is 3.57 Å². The van der Waals surface area contributed by atoms with Crippen molar-refractivity contribution in [1.82, 2.24) is 14.8 Å². The second-order valence-electron chi connectivity index (χ2n) is 5.24. The Balaban J connectivity index is 1.79. The molecular formula is C17H12BrIN4. The second kappa shape index (κ2) is 6.09. The molecule has 0 amide bonds. The average Bonchev–Trinajstić information content (AvgIpc) is 3.04. The van der Waals surface area contributed by atoms with Crippen LogP contribution in [-0.2, 0) is 0 Å². The monoisotopic (exact) mass is 478 g/mol. The molecule has 114 valence electrons. The van der Waals surface area contributed by atoms with Crippen molar-refractivity contribution in [1.29, 1.82) is 0 Å². The molecule has 0 radical (unpaired) electrons. The molecule has 3 aromatic rings. The Morgan fingerprint density at radius 1 is 1.04 bits per heavy atom. The molecule has 6 heteroatoms. The van der Waals surface area contributed by atoms with E-state index >= 15 is 0 Å². The van der Waals surface area contributed by atoms with Crippen LogP contribution < -0.4 is 5.32 Å². The molecule has 0 spiro atoms. The first kappa shape index (κ1) is 14.9. The Labute approximate surface area is 155 Å². The summed E-state index contributed by atoms with van der Waals surface area (Å²) in [5, 5.41) is 7.73. The van der Waals surface area contributed by atoms with E-state index in [4.69, 9.17) is 0 Å². The van der Waals surface area contributed by atoms with E-state index in [-0.39, 0.29) is 6.04 Å². The fourth-order valence-electron chi connectivity index (χ4n) is 2.63. The van der Waals surface area contributed by atoms with E-state index in [2.05, 4.69) is 96.4 Å². The van der Waals surface area contributed by atoms with Crippen LogP contribution >= 0.6 is 38.5 Å². The van der Waals surface area contributed by atoms with Crippen molar-refractivity contribution in [2.24, 2.45) is 0 Å². The van der Waals surface area contributed by atoms with Gasteiger partial charge in [0.1, 0.15) is 12.4 Å². The zero-order chi connectivity index (χ0) is 15.8. The number of benzene rings is 2. The van der Waals surface area contributed by atoms with Crippen LogP contribution in [0.15, 0.2) is 65.4 Å². The maximum Gasteiger partial charge on any atom is 0.226 e. The third kappa shape index (κ3) is 2.92. The second-order valence-corrected chi connectivity index (χ2v) is 7.40. The van der Waals surface area contributed by atoms with E-state index in [1.54, 1.807) is 6.33 Å². The lowest BCUT2D eigenvalue weighted by Crippen LogP contribution is -2.20. The van der Waals surface area contributed by atoms with Crippen LogP contribution in [0.25, 0.3) is 5.70 Å². The Bertz CT molecular complexity index is 868. The summed E-state index contributed by atoms with van der Waals surface area (Å²) in [6.45, 7) is 0. The van der Waals surface area contributed by atoms with E-state index in [0.717, 1.165) is 21.7 Å². The van der Waals surface area contributed by atoms with Crippen molar-refractivity contribution in [3.63, 3.8) is 0 Å². The predicted octanol–water partition coefficient (Wildman–Crippen LogP) is 4.70. The molecule has 0 bridgehead atoms. The van der Waals surface area contributed by atoms with E-state index in [1.165, 1.54) is 9.13 Å². The zero-order valence-corrected chi connectivity index (χ0v) is 15.7. The Morgan fingerprint density at radius 3 is 2.52 bits per heavy atom. The van der Waals surface area contributed by atoms with Gasteiger partial charge in [-0.25, -0.2) is 4.68 Å². The summed E-state index contributed by atoms with van der Waals surface area (Å²) in [5.74, 6) is 0.758. The van der Waals surface area contributed by atoms with E-state index in [9.17, 15) is 0 Å². The number of allylic oxidation sites excluding steroid dienone is 1. The van der Waals surface area contributed by atoms with Gasteiger partial charge in [-0.2, -0.15) is 10.1 Å². The summed E-state index contributed by atoms with van der Waals surface area (Å²) in [6.07, 6.45) is 3.77. The number of halogens is 2. The number of fused-ring (bicyclic) bond motifs is 1. The third-order valence-electron chi connectivity index (χ3n) is 3.77. The molecule has 2 heterocycles. The minimum Gasteiger partial charge on any atom is -0.324 e. The first-order valence-corrected chi connectivity index (χ1v) is 8.97. The van der Waals surface area contributed by atoms with Crippen LogP contribution in [0.2, 0.25) is 0 Å². The highest BCUT2D eigenvalue weighted by atomic mass is 127. The molecule has 1 atom stereocenters. The lowest BCUT2D eigenvalue weighted by atomic mass is 10.0. The van der Waals surface area contributed by atoms with Crippen LogP contribution in [0.3, 0.4) is 0 Å². The fourth-order valence-corrected chi connectivity index (χ4v) is 3.25. The van der Waals surface area contributed by atoms with Crippen LogP contribution in [0.4, 0.5) is 5.95 Å². The number of anilines is 1. The average molecular weight is 479 g/mol. The first-order chi connectivity index (χ1) is 11.2. The summed E-state index contributed by atoms with van der Waals surface area (Å²) >= 11 is 5.80. The van der Waals surface area contributed by atoms with Crippen molar-refractivity contribution in [3.05, 3.63) is 80.1 Å². The van der Waals surface area contributed by atoms with Crippen molar-refractivity contribution >= 4 is 50.2 Å². The van der Waals surface area contributed by atoms with Gasteiger partial charge in [0.25, 0.3) is 0 Å². The maximum atomic E-state index is 4.36. The van der Waals surface area contributed by atoms with E-state index in [1.807, 2.05) is 16.8 Å². The lowest BCUT2D eigenvalue weighted by Gasteiger charge is -2.24. The highest BCUT2D eigenvalue weighted by Crippen LogP contribution is 2.32. The zero-order valence-electron chi connectivity index (χ0n) is 11.9. The van der Waals surface area contributed by atoms with Gasteiger partial charge in [0.15, 0.2) is 0 Å². The molecular weight excluding hydrogens is 467 g/mol. The van der Waals surface area contributed by atoms with Crippen LogP contribution in [-0.4, -0.2) is 14.8 Å². The molecule has 1 aliphatic rings. The molecule has 23 heavy (non-hydrogen) atoms. The van der Waals surface area contributed by atoms with Gasteiger partial charge >= 0.3 is 0 Å². The highest BCUT2D eigenvalue weighted by Gasteiger charge is 2.23. The molecule has 0 fully saturated rings. The fraction of sp³-hybridized carbons (Fsp3) is 0.0588. The SMILES string of the molecule is Brc1ccc(C2C=C(c3ccc(I)cc3)Nc3ncnn32)cc1.